The van der Waals surface area contributed by atoms with Gasteiger partial charge in [0.2, 0.25) is 17.7 Å². The lowest BCUT2D eigenvalue weighted by Crippen LogP contribution is -2.34. The molecule has 15 nitrogen and oxygen atoms in total. The number of hydrogen-bond donors (Lipinski definition) is 3. The minimum atomic E-state index is -1.04. The maximum atomic E-state index is 11.6. The highest BCUT2D eigenvalue weighted by atomic mass is 16.6. The summed E-state index contributed by atoms with van der Waals surface area (Å²) in [6.45, 7) is 6.50. The van der Waals surface area contributed by atoms with Crippen LogP contribution in [0.1, 0.15) is 76.0 Å². The Bertz CT molecular complexity index is 1330. The van der Waals surface area contributed by atoms with Crippen molar-refractivity contribution in [2.24, 2.45) is 0 Å². The second kappa shape index (κ2) is 11.3. The molecule has 5 heterocycles. The molecule has 214 valence electrons. The largest absolute Gasteiger partial charge is 0.457 e. The first-order valence-electron chi connectivity index (χ1n) is 13.8. The van der Waals surface area contributed by atoms with E-state index in [0.29, 0.717) is 35.3 Å². The van der Waals surface area contributed by atoms with Crippen LogP contribution in [0.2, 0.25) is 0 Å². The Morgan fingerprint density at radius 1 is 1.10 bits per heavy atom. The summed E-state index contributed by atoms with van der Waals surface area (Å²) in [5, 5.41) is 18.5. The lowest BCUT2D eigenvalue weighted by molar-refractivity contribution is -0.151. The van der Waals surface area contributed by atoms with Crippen LogP contribution >= 0.6 is 0 Å². The van der Waals surface area contributed by atoms with E-state index in [1.807, 2.05) is 0 Å². The fourth-order valence-electron chi connectivity index (χ4n) is 5.26. The number of carbonyl (C=O) groups excluding carboxylic acids is 2. The standard InChI is InChI=1S/C25H33N9O6/c1-3-14(4-2)28-20-16-21(31-25(30-20)29-15-7-8-26-9-15)34(10-27-16)24-19(38-12-36)17(37-11-35)18(39-24)23-33-32-22(40-23)13-5-6-13/h10-15,17-19,24,26H,3-9H2,1-2H3,(H2,28,29,30,31)/t15-,17-,18+,19-,24-/m1/s1. The number of fused-ring (bicyclic) bond motifs is 1. The van der Waals surface area contributed by atoms with E-state index in [-0.39, 0.29) is 30.4 Å². The summed E-state index contributed by atoms with van der Waals surface area (Å²) in [7, 11) is 0. The van der Waals surface area contributed by atoms with Crippen LogP contribution in [0, 0.1) is 0 Å². The van der Waals surface area contributed by atoms with Crippen LogP contribution in [0.25, 0.3) is 11.2 Å². The van der Waals surface area contributed by atoms with Crippen molar-refractivity contribution in [2.45, 2.75) is 88.5 Å². The third kappa shape index (κ3) is 5.06. The number of aromatic nitrogens is 6. The zero-order valence-corrected chi connectivity index (χ0v) is 22.4. The lowest BCUT2D eigenvalue weighted by atomic mass is 10.1. The van der Waals surface area contributed by atoms with Gasteiger partial charge in [-0.15, -0.1) is 10.2 Å². The van der Waals surface area contributed by atoms with Gasteiger partial charge in [-0.2, -0.15) is 9.97 Å². The van der Waals surface area contributed by atoms with Gasteiger partial charge in [-0.25, -0.2) is 4.98 Å². The van der Waals surface area contributed by atoms with E-state index in [0.717, 1.165) is 45.2 Å². The molecule has 15 heteroatoms. The molecule has 3 aromatic rings. The van der Waals surface area contributed by atoms with Crippen molar-refractivity contribution < 1.29 is 28.2 Å². The molecule has 0 bridgehead atoms. The molecular formula is C25H33N9O6. The molecule has 3 N–H and O–H groups in total. The zero-order chi connectivity index (χ0) is 27.6. The van der Waals surface area contributed by atoms with E-state index >= 15 is 0 Å². The molecule has 40 heavy (non-hydrogen) atoms. The summed E-state index contributed by atoms with van der Waals surface area (Å²) >= 11 is 0. The van der Waals surface area contributed by atoms with E-state index in [2.05, 4.69) is 45.0 Å². The average molecular weight is 556 g/mol. The summed E-state index contributed by atoms with van der Waals surface area (Å²) in [4.78, 5) is 37.2. The van der Waals surface area contributed by atoms with Gasteiger partial charge in [0.25, 0.3) is 12.9 Å². The molecule has 5 atom stereocenters. The maximum absolute atomic E-state index is 11.6. The molecule has 6 rings (SSSR count). The smallest absolute Gasteiger partial charge is 0.293 e. The maximum Gasteiger partial charge on any atom is 0.293 e. The number of ether oxygens (including phenoxy) is 3. The molecule has 0 radical (unpaired) electrons. The van der Waals surface area contributed by atoms with E-state index in [9.17, 15) is 9.59 Å². The molecule has 1 aliphatic carbocycles. The normalized spacial score (nSPS) is 26.3. The molecule has 0 amide bonds. The van der Waals surface area contributed by atoms with Gasteiger partial charge in [0.05, 0.1) is 6.33 Å². The molecule has 3 aromatic heterocycles. The molecule has 3 fully saturated rings. The second-order valence-electron chi connectivity index (χ2n) is 10.3. The Kier molecular flexibility index (Phi) is 7.47. The van der Waals surface area contributed by atoms with Crippen molar-refractivity contribution in [3.63, 3.8) is 0 Å². The van der Waals surface area contributed by atoms with E-state index < -0.39 is 24.5 Å². The van der Waals surface area contributed by atoms with E-state index in [1.165, 1.54) is 0 Å². The SMILES string of the molecule is CCC(CC)Nc1nc(N[C@@H]2CCNC2)nc2c1ncn2[C@@H]1O[C@H](c2nnc(C3CC3)o2)[C@@H](OC=O)[C@H]1OC=O. The first kappa shape index (κ1) is 26.4. The van der Waals surface area contributed by atoms with Crippen LogP contribution in [0.5, 0.6) is 0 Å². The van der Waals surface area contributed by atoms with Gasteiger partial charge in [0.1, 0.15) is 0 Å². The Morgan fingerprint density at radius 2 is 1.88 bits per heavy atom. The first-order chi connectivity index (χ1) is 19.6. The van der Waals surface area contributed by atoms with Crippen molar-refractivity contribution in [2.75, 3.05) is 23.7 Å². The van der Waals surface area contributed by atoms with Gasteiger partial charge < -0.3 is 34.6 Å². The number of nitrogens with zero attached hydrogens (tertiary/aromatic N) is 6. The van der Waals surface area contributed by atoms with E-state index in [1.54, 1.807) is 10.9 Å². The van der Waals surface area contributed by atoms with Crippen molar-refractivity contribution in [1.29, 1.82) is 0 Å². The fourth-order valence-corrected chi connectivity index (χ4v) is 5.26. The number of hydrogen-bond acceptors (Lipinski definition) is 14. The topological polar surface area (TPSA) is 180 Å². The van der Waals surface area contributed by atoms with Gasteiger partial charge in [0, 0.05) is 24.5 Å². The molecule has 0 aromatic carbocycles. The monoisotopic (exact) mass is 555 g/mol. The first-order valence-corrected chi connectivity index (χ1v) is 13.8. The number of nitrogens with one attached hydrogen (secondary N) is 3. The van der Waals surface area contributed by atoms with Crippen molar-refractivity contribution in [1.82, 2.24) is 35.0 Å². The van der Waals surface area contributed by atoms with Crippen molar-refractivity contribution >= 4 is 35.9 Å². The predicted octanol–water partition coefficient (Wildman–Crippen LogP) is 1.81. The summed E-state index contributed by atoms with van der Waals surface area (Å²) in [6.07, 6.45) is 2.24. The zero-order valence-electron chi connectivity index (χ0n) is 22.4. The molecule has 0 unspecified atom stereocenters. The molecular weight excluding hydrogens is 522 g/mol. The minimum Gasteiger partial charge on any atom is -0.457 e. The average Bonchev–Trinajstić information content (AvgIpc) is 3.33. The molecule has 2 saturated heterocycles. The summed E-state index contributed by atoms with van der Waals surface area (Å²) in [6, 6.07) is 0.364. The van der Waals surface area contributed by atoms with Crippen LogP contribution in [-0.2, 0) is 23.8 Å². The molecule has 0 spiro atoms. The molecule has 2 aliphatic heterocycles. The Morgan fingerprint density at radius 3 is 2.58 bits per heavy atom. The highest BCUT2D eigenvalue weighted by Crippen LogP contribution is 2.45. The molecule has 1 saturated carbocycles. The predicted molar refractivity (Wildman–Crippen MR) is 139 cm³/mol. The number of imidazole rings is 1. The van der Waals surface area contributed by atoms with Crippen LogP contribution < -0.4 is 16.0 Å². The van der Waals surface area contributed by atoms with Crippen LogP contribution in [0.3, 0.4) is 0 Å². The Labute approximate surface area is 229 Å². The Hall–Kier alpha value is -3.85. The Balaban J connectivity index is 1.39. The number of rotatable bonds is 13. The minimum absolute atomic E-state index is 0.141. The fraction of sp³-hybridized carbons (Fsp3) is 0.640. The van der Waals surface area contributed by atoms with Crippen molar-refractivity contribution in [3.05, 3.63) is 18.1 Å². The third-order valence-corrected chi connectivity index (χ3v) is 7.66. The third-order valence-electron chi connectivity index (χ3n) is 7.66. The van der Waals surface area contributed by atoms with E-state index in [4.69, 9.17) is 28.6 Å². The summed E-state index contributed by atoms with van der Waals surface area (Å²) in [5.74, 6) is 1.89. The van der Waals surface area contributed by atoms with Crippen LogP contribution in [0.4, 0.5) is 11.8 Å². The quantitative estimate of drug-likeness (QED) is 0.260. The van der Waals surface area contributed by atoms with Gasteiger partial charge in [-0.1, -0.05) is 13.8 Å². The van der Waals surface area contributed by atoms with Crippen LogP contribution in [-0.4, -0.2) is 80.0 Å². The highest BCUT2D eigenvalue weighted by Gasteiger charge is 2.52. The summed E-state index contributed by atoms with van der Waals surface area (Å²) in [5.41, 5.74) is 0.983. The van der Waals surface area contributed by atoms with Gasteiger partial charge in [-0.3, -0.25) is 14.2 Å². The van der Waals surface area contributed by atoms with Gasteiger partial charge in [-0.05, 0) is 38.6 Å². The number of carbonyl (C=O) groups is 2. The van der Waals surface area contributed by atoms with Crippen LogP contribution in [0.15, 0.2) is 10.7 Å². The second-order valence-corrected chi connectivity index (χ2v) is 10.3. The lowest BCUT2D eigenvalue weighted by Gasteiger charge is -2.21. The highest BCUT2D eigenvalue weighted by molar-refractivity contribution is 5.84. The summed E-state index contributed by atoms with van der Waals surface area (Å²) < 4.78 is 24.6. The van der Waals surface area contributed by atoms with Gasteiger partial charge in [0.15, 0.2) is 41.5 Å². The number of anilines is 2. The van der Waals surface area contributed by atoms with Crippen molar-refractivity contribution in [3.8, 4) is 0 Å². The molecule has 3 aliphatic rings. The van der Waals surface area contributed by atoms with Gasteiger partial charge >= 0.3 is 0 Å².